The number of amides is 3. The summed E-state index contributed by atoms with van der Waals surface area (Å²) in [4.78, 5) is 46.8. The van der Waals surface area contributed by atoms with E-state index in [0.29, 0.717) is 5.56 Å². The molecule has 0 bridgehead atoms. The van der Waals surface area contributed by atoms with E-state index in [1.807, 2.05) is 0 Å². The maximum Gasteiger partial charge on any atom is 0.413 e. The highest BCUT2D eigenvalue weighted by Gasteiger charge is 2.23. The highest BCUT2D eigenvalue weighted by atomic mass is 32.1. The van der Waals surface area contributed by atoms with Crippen LogP contribution in [0.2, 0.25) is 0 Å². The minimum atomic E-state index is -0.911. The van der Waals surface area contributed by atoms with Crippen molar-refractivity contribution < 1.29 is 24.0 Å². The second kappa shape index (κ2) is 7.74. The van der Waals surface area contributed by atoms with Crippen LogP contribution in [0, 0.1) is 24.0 Å². The van der Waals surface area contributed by atoms with Gasteiger partial charge in [0.25, 0.3) is 17.5 Å². The molecule has 3 amide bonds. The standard InChI is InChI=1S/C16H15N3O6S/c1-8-9(2)26-15(12(8)14(21)18-16(22)25-3)17-13(20)10-4-6-11(7-5-10)19(23)24/h4-7H,1-3H3,(H,17,20)(H,18,21,22). The fourth-order valence-corrected chi connectivity index (χ4v) is 3.16. The lowest BCUT2D eigenvalue weighted by molar-refractivity contribution is -0.384. The molecule has 0 aliphatic carbocycles. The number of thiophene rings is 1. The number of ether oxygens (including phenoxy) is 1. The van der Waals surface area contributed by atoms with Gasteiger partial charge in [-0.25, -0.2) is 4.79 Å². The summed E-state index contributed by atoms with van der Waals surface area (Å²) in [6, 6.07) is 5.05. The van der Waals surface area contributed by atoms with Crippen LogP contribution in [-0.2, 0) is 4.74 Å². The zero-order valence-electron chi connectivity index (χ0n) is 14.1. The van der Waals surface area contributed by atoms with Crippen molar-refractivity contribution in [1.29, 1.82) is 0 Å². The van der Waals surface area contributed by atoms with Gasteiger partial charge in [-0.3, -0.25) is 25.0 Å². The van der Waals surface area contributed by atoms with Crippen molar-refractivity contribution in [2.24, 2.45) is 0 Å². The Hall–Kier alpha value is -3.27. The number of rotatable bonds is 4. The Morgan fingerprint density at radius 2 is 1.73 bits per heavy atom. The Morgan fingerprint density at radius 3 is 2.27 bits per heavy atom. The van der Waals surface area contributed by atoms with Crippen molar-refractivity contribution >= 4 is 39.9 Å². The molecule has 0 spiro atoms. The van der Waals surface area contributed by atoms with Gasteiger partial charge in [-0.05, 0) is 31.5 Å². The molecule has 0 unspecified atom stereocenters. The quantitative estimate of drug-likeness (QED) is 0.623. The van der Waals surface area contributed by atoms with E-state index >= 15 is 0 Å². The summed E-state index contributed by atoms with van der Waals surface area (Å²) < 4.78 is 4.40. The van der Waals surface area contributed by atoms with Crippen LogP contribution in [0.4, 0.5) is 15.5 Å². The first kappa shape index (κ1) is 19.1. The van der Waals surface area contributed by atoms with Crippen LogP contribution >= 0.6 is 11.3 Å². The zero-order chi connectivity index (χ0) is 19.4. The van der Waals surface area contributed by atoms with Crippen LogP contribution in [0.5, 0.6) is 0 Å². The van der Waals surface area contributed by atoms with Gasteiger partial charge in [0.2, 0.25) is 0 Å². The summed E-state index contributed by atoms with van der Waals surface area (Å²) in [5.74, 6) is -1.23. The number of nitro benzene ring substituents is 1. The molecule has 0 aliphatic heterocycles. The average molecular weight is 377 g/mol. The lowest BCUT2D eigenvalue weighted by Gasteiger charge is -2.07. The first-order valence-corrected chi connectivity index (χ1v) is 8.11. The fraction of sp³-hybridized carbons (Fsp3) is 0.188. The zero-order valence-corrected chi connectivity index (χ0v) is 14.9. The van der Waals surface area contributed by atoms with Crippen LogP contribution in [0.3, 0.4) is 0 Å². The molecule has 1 aromatic heterocycles. The van der Waals surface area contributed by atoms with Gasteiger partial charge in [0.05, 0.1) is 17.6 Å². The second-order valence-electron chi connectivity index (χ2n) is 5.19. The van der Waals surface area contributed by atoms with E-state index in [1.165, 1.54) is 35.6 Å². The molecule has 26 heavy (non-hydrogen) atoms. The predicted octanol–water partition coefficient (Wildman–Crippen LogP) is 3.02. The number of nitrogens with zero attached hydrogens (tertiary/aromatic N) is 1. The number of anilines is 1. The van der Waals surface area contributed by atoms with Gasteiger partial charge in [0.1, 0.15) is 5.00 Å². The molecule has 0 radical (unpaired) electrons. The minimum Gasteiger partial charge on any atom is -0.453 e. The number of hydrogen-bond donors (Lipinski definition) is 2. The van der Waals surface area contributed by atoms with Crippen LogP contribution in [0.25, 0.3) is 0 Å². The lowest BCUT2D eigenvalue weighted by atomic mass is 10.1. The van der Waals surface area contributed by atoms with E-state index in [0.717, 1.165) is 12.0 Å². The number of nitrogens with one attached hydrogen (secondary N) is 2. The fourth-order valence-electron chi connectivity index (χ4n) is 2.10. The summed E-state index contributed by atoms with van der Waals surface area (Å²) >= 11 is 1.18. The smallest absolute Gasteiger partial charge is 0.413 e. The molecule has 136 valence electrons. The largest absolute Gasteiger partial charge is 0.453 e. The number of methoxy groups -OCH3 is 1. The number of non-ortho nitro benzene ring substituents is 1. The molecular formula is C16H15N3O6S. The highest BCUT2D eigenvalue weighted by Crippen LogP contribution is 2.32. The molecule has 1 aromatic carbocycles. The molecule has 1 heterocycles. The Labute approximate surface area is 152 Å². The summed E-state index contributed by atoms with van der Waals surface area (Å²) in [5.41, 5.74) is 0.838. The van der Waals surface area contributed by atoms with Crippen LogP contribution < -0.4 is 10.6 Å². The Balaban J connectivity index is 2.27. The van der Waals surface area contributed by atoms with E-state index in [9.17, 15) is 24.5 Å². The average Bonchev–Trinajstić information content (AvgIpc) is 2.88. The van der Waals surface area contributed by atoms with Gasteiger partial charge in [-0.15, -0.1) is 11.3 Å². The molecule has 2 aromatic rings. The summed E-state index contributed by atoms with van der Waals surface area (Å²) in [7, 11) is 1.13. The number of nitro groups is 1. The summed E-state index contributed by atoms with van der Waals surface area (Å²) in [6.07, 6.45) is -0.911. The minimum absolute atomic E-state index is 0.137. The topological polar surface area (TPSA) is 128 Å². The van der Waals surface area contributed by atoms with Crippen LogP contribution in [0.1, 0.15) is 31.2 Å². The third-order valence-electron chi connectivity index (χ3n) is 3.58. The number of alkyl carbamates (subject to hydrolysis) is 1. The lowest BCUT2D eigenvalue weighted by Crippen LogP contribution is -2.31. The Morgan fingerprint density at radius 1 is 1.12 bits per heavy atom. The van der Waals surface area contributed by atoms with Gasteiger partial charge >= 0.3 is 6.09 Å². The SMILES string of the molecule is COC(=O)NC(=O)c1c(NC(=O)c2ccc([N+](=O)[O-])cc2)sc(C)c1C. The van der Waals surface area contributed by atoms with E-state index in [4.69, 9.17) is 0 Å². The van der Waals surface area contributed by atoms with E-state index in [2.05, 4.69) is 15.4 Å². The Bertz CT molecular complexity index is 888. The van der Waals surface area contributed by atoms with Crippen molar-refractivity contribution in [3.63, 3.8) is 0 Å². The van der Waals surface area contributed by atoms with Gasteiger partial charge < -0.3 is 10.1 Å². The van der Waals surface area contributed by atoms with Gasteiger partial charge in [-0.1, -0.05) is 0 Å². The third kappa shape index (κ3) is 4.03. The highest BCUT2D eigenvalue weighted by molar-refractivity contribution is 7.16. The van der Waals surface area contributed by atoms with Gasteiger partial charge in [0, 0.05) is 22.6 Å². The van der Waals surface area contributed by atoms with Crippen molar-refractivity contribution in [3.05, 3.63) is 55.9 Å². The summed E-state index contributed by atoms with van der Waals surface area (Å²) in [5, 5.41) is 15.6. The van der Waals surface area contributed by atoms with Gasteiger partial charge in [0.15, 0.2) is 0 Å². The summed E-state index contributed by atoms with van der Waals surface area (Å²) in [6.45, 7) is 3.47. The first-order chi connectivity index (χ1) is 12.2. The molecular weight excluding hydrogens is 362 g/mol. The number of hydrogen-bond acceptors (Lipinski definition) is 7. The number of imide groups is 1. The van der Waals surface area contributed by atoms with Crippen LogP contribution in [-0.4, -0.2) is 29.9 Å². The van der Waals surface area contributed by atoms with E-state index < -0.39 is 22.8 Å². The molecule has 0 aliphatic rings. The van der Waals surface area contributed by atoms with Gasteiger partial charge in [-0.2, -0.15) is 0 Å². The molecule has 0 saturated heterocycles. The van der Waals surface area contributed by atoms with Crippen molar-refractivity contribution in [3.8, 4) is 0 Å². The van der Waals surface area contributed by atoms with Crippen molar-refractivity contribution in [2.75, 3.05) is 12.4 Å². The number of benzene rings is 1. The number of carbonyl (C=O) groups excluding carboxylic acids is 3. The predicted molar refractivity (Wildman–Crippen MR) is 94.7 cm³/mol. The number of aryl methyl sites for hydroxylation is 1. The maximum absolute atomic E-state index is 12.4. The van der Waals surface area contributed by atoms with Crippen molar-refractivity contribution in [2.45, 2.75) is 13.8 Å². The van der Waals surface area contributed by atoms with E-state index in [1.54, 1.807) is 13.8 Å². The Kier molecular flexibility index (Phi) is 5.68. The number of carbonyl (C=O) groups is 3. The molecule has 2 N–H and O–H groups in total. The molecule has 0 atom stereocenters. The molecule has 10 heteroatoms. The van der Waals surface area contributed by atoms with E-state index in [-0.39, 0.29) is 21.8 Å². The third-order valence-corrected chi connectivity index (χ3v) is 4.70. The normalized spacial score (nSPS) is 10.1. The van der Waals surface area contributed by atoms with Crippen LogP contribution in [0.15, 0.2) is 24.3 Å². The first-order valence-electron chi connectivity index (χ1n) is 7.29. The maximum atomic E-state index is 12.4. The molecule has 0 fully saturated rings. The molecule has 2 rings (SSSR count). The second-order valence-corrected chi connectivity index (χ2v) is 6.42. The monoisotopic (exact) mass is 377 g/mol. The molecule has 9 nitrogen and oxygen atoms in total. The molecule has 0 saturated carbocycles. The van der Waals surface area contributed by atoms with Crippen molar-refractivity contribution in [1.82, 2.24) is 5.32 Å².